The number of nitrogens with zero attached hydrogens (tertiary/aromatic N) is 2. The maximum Gasteiger partial charge on any atom is 0.131 e. The highest BCUT2D eigenvalue weighted by atomic mass is 14.9. The topological polar surface area (TPSA) is 37.8 Å². The van der Waals surface area contributed by atoms with E-state index in [1.54, 1.807) is 0 Å². The minimum absolute atomic E-state index is 0.642. The second-order valence-electron chi connectivity index (χ2n) is 3.61. The van der Waals surface area contributed by atoms with Gasteiger partial charge in [-0.15, -0.1) is 0 Å². The molecule has 3 heteroatoms. The molecule has 1 fully saturated rings. The summed E-state index contributed by atoms with van der Waals surface area (Å²) in [4.78, 5) is 8.74. The van der Waals surface area contributed by atoms with Crippen molar-refractivity contribution in [2.75, 3.05) is 7.05 Å². The van der Waals surface area contributed by atoms with Crippen LogP contribution in [-0.2, 0) is 6.54 Å². The average molecular weight is 177 g/mol. The van der Waals surface area contributed by atoms with Crippen molar-refractivity contribution in [1.29, 1.82) is 0 Å². The van der Waals surface area contributed by atoms with E-state index in [1.165, 1.54) is 19.3 Å². The Morgan fingerprint density at radius 2 is 2.08 bits per heavy atom. The first-order valence-corrected chi connectivity index (χ1v) is 4.85. The van der Waals surface area contributed by atoms with Gasteiger partial charge in [-0.1, -0.05) is 6.42 Å². The Hall–Kier alpha value is -0.960. The summed E-state index contributed by atoms with van der Waals surface area (Å²) in [5, 5.41) is 3.08. The van der Waals surface area contributed by atoms with E-state index in [0.29, 0.717) is 5.92 Å². The van der Waals surface area contributed by atoms with Gasteiger partial charge in [0, 0.05) is 30.4 Å². The molecule has 0 spiro atoms. The molecule has 0 aromatic carbocycles. The molecule has 0 unspecified atom stereocenters. The Labute approximate surface area is 78.6 Å². The van der Waals surface area contributed by atoms with E-state index < -0.39 is 0 Å². The first-order chi connectivity index (χ1) is 6.40. The predicted octanol–water partition coefficient (Wildman–Crippen LogP) is 1.46. The van der Waals surface area contributed by atoms with Crippen LogP contribution >= 0.6 is 0 Å². The third-order valence-electron chi connectivity index (χ3n) is 2.58. The summed E-state index contributed by atoms with van der Waals surface area (Å²) in [5.74, 6) is 1.68. The molecule has 1 saturated carbocycles. The van der Waals surface area contributed by atoms with E-state index in [-0.39, 0.29) is 0 Å². The quantitative estimate of drug-likeness (QED) is 0.759. The van der Waals surface area contributed by atoms with E-state index in [2.05, 4.69) is 15.3 Å². The third kappa shape index (κ3) is 1.86. The summed E-state index contributed by atoms with van der Waals surface area (Å²) in [6, 6.07) is 0. The van der Waals surface area contributed by atoms with Crippen molar-refractivity contribution >= 4 is 0 Å². The van der Waals surface area contributed by atoms with Crippen molar-refractivity contribution in [3.63, 3.8) is 0 Å². The van der Waals surface area contributed by atoms with Crippen LogP contribution in [0.3, 0.4) is 0 Å². The Morgan fingerprint density at radius 3 is 2.54 bits per heavy atom. The lowest BCUT2D eigenvalue weighted by molar-refractivity contribution is 0.401. The van der Waals surface area contributed by atoms with Crippen molar-refractivity contribution in [3.05, 3.63) is 23.8 Å². The van der Waals surface area contributed by atoms with Gasteiger partial charge in [0.2, 0.25) is 0 Å². The van der Waals surface area contributed by atoms with Gasteiger partial charge in [-0.05, 0) is 19.9 Å². The Morgan fingerprint density at radius 1 is 1.38 bits per heavy atom. The van der Waals surface area contributed by atoms with E-state index in [4.69, 9.17) is 0 Å². The van der Waals surface area contributed by atoms with Crippen molar-refractivity contribution in [2.24, 2.45) is 0 Å². The minimum Gasteiger partial charge on any atom is -0.316 e. The van der Waals surface area contributed by atoms with E-state index in [1.807, 2.05) is 19.4 Å². The van der Waals surface area contributed by atoms with Crippen molar-refractivity contribution < 1.29 is 0 Å². The molecule has 0 aliphatic heterocycles. The van der Waals surface area contributed by atoms with Crippen LogP contribution in [0, 0.1) is 0 Å². The molecule has 0 radical (unpaired) electrons. The van der Waals surface area contributed by atoms with Crippen LogP contribution in [0.5, 0.6) is 0 Å². The zero-order valence-electron chi connectivity index (χ0n) is 7.95. The highest BCUT2D eigenvalue weighted by molar-refractivity contribution is 5.08. The maximum absolute atomic E-state index is 4.37. The highest BCUT2D eigenvalue weighted by Crippen LogP contribution is 2.33. The van der Waals surface area contributed by atoms with Gasteiger partial charge in [-0.2, -0.15) is 0 Å². The molecule has 1 N–H and O–H groups in total. The smallest absolute Gasteiger partial charge is 0.131 e. The molecule has 1 aromatic rings. The van der Waals surface area contributed by atoms with E-state index in [0.717, 1.165) is 17.9 Å². The van der Waals surface area contributed by atoms with Crippen LogP contribution in [-0.4, -0.2) is 17.0 Å². The highest BCUT2D eigenvalue weighted by Gasteiger charge is 2.21. The number of hydrogen-bond acceptors (Lipinski definition) is 3. The van der Waals surface area contributed by atoms with E-state index >= 15 is 0 Å². The van der Waals surface area contributed by atoms with Crippen LogP contribution in [0.25, 0.3) is 0 Å². The van der Waals surface area contributed by atoms with Gasteiger partial charge in [0.05, 0.1) is 0 Å². The van der Waals surface area contributed by atoms with Crippen molar-refractivity contribution in [1.82, 2.24) is 15.3 Å². The molecule has 13 heavy (non-hydrogen) atoms. The molecular weight excluding hydrogens is 162 g/mol. The summed E-state index contributed by atoms with van der Waals surface area (Å²) in [6.45, 7) is 0.852. The lowest BCUT2D eigenvalue weighted by atomic mass is 9.85. The Bertz CT molecular complexity index is 264. The molecular formula is C10H15N3. The third-order valence-corrected chi connectivity index (χ3v) is 2.58. The van der Waals surface area contributed by atoms with Gasteiger partial charge in [0.25, 0.3) is 0 Å². The monoisotopic (exact) mass is 177 g/mol. The molecule has 3 nitrogen and oxygen atoms in total. The molecule has 0 amide bonds. The predicted molar refractivity (Wildman–Crippen MR) is 51.4 cm³/mol. The van der Waals surface area contributed by atoms with Crippen molar-refractivity contribution in [2.45, 2.75) is 31.7 Å². The normalized spacial score (nSPS) is 17.0. The van der Waals surface area contributed by atoms with Crippen LogP contribution in [0.2, 0.25) is 0 Å². The molecule has 70 valence electrons. The molecule has 1 heterocycles. The largest absolute Gasteiger partial charge is 0.316 e. The fraction of sp³-hybridized carbons (Fsp3) is 0.600. The molecule has 1 aliphatic carbocycles. The molecule has 0 atom stereocenters. The molecule has 0 saturated heterocycles. The van der Waals surface area contributed by atoms with E-state index in [9.17, 15) is 0 Å². The van der Waals surface area contributed by atoms with Gasteiger partial charge >= 0.3 is 0 Å². The molecule has 0 bridgehead atoms. The second-order valence-corrected chi connectivity index (χ2v) is 3.61. The van der Waals surface area contributed by atoms with Gasteiger partial charge in [0.1, 0.15) is 5.82 Å². The molecule has 1 aliphatic rings. The lowest BCUT2D eigenvalue weighted by Crippen LogP contribution is -2.13. The van der Waals surface area contributed by atoms with Gasteiger partial charge < -0.3 is 5.32 Å². The zero-order valence-corrected chi connectivity index (χ0v) is 7.95. The zero-order chi connectivity index (χ0) is 9.10. The second kappa shape index (κ2) is 3.83. The summed E-state index contributed by atoms with van der Waals surface area (Å²) in [7, 11) is 1.93. The van der Waals surface area contributed by atoms with Gasteiger partial charge in [-0.3, -0.25) is 0 Å². The SMILES string of the molecule is CNCc1cnc(C2CCC2)nc1. The summed E-state index contributed by atoms with van der Waals surface area (Å²) in [5.41, 5.74) is 1.16. The van der Waals surface area contributed by atoms with Crippen LogP contribution in [0.15, 0.2) is 12.4 Å². The summed E-state index contributed by atoms with van der Waals surface area (Å²) >= 11 is 0. The van der Waals surface area contributed by atoms with Gasteiger partial charge in [-0.25, -0.2) is 9.97 Å². The maximum atomic E-state index is 4.37. The van der Waals surface area contributed by atoms with Gasteiger partial charge in [0.15, 0.2) is 0 Å². The standard InChI is InChI=1S/C10H15N3/c1-11-5-8-6-12-10(13-7-8)9-3-2-4-9/h6-7,9,11H,2-5H2,1H3. The number of hydrogen-bond donors (Lipinski definition) is 1. The number of rotatable bonds is 3. The van der Waals surface area contributed by atoms with Crippen molar-refractivity contribution in [3.8, 4) is 0 Å². The summed E-state index contributed by atoms with van der Waals surface area (Å²) in [6.07, 6.45) is 7.73. The first kappa shape index (κ1) is 8.63. The number of aromatic nitrogens is 2. The minimum atomic E-state index is 0.642. The fourth-order valence-electron chi connectivity index (χ4n) is 1.54. The summed E-state index contributed by atoms with van der Waals surface area (Å²) < 4.78 is 0. The molecule has 2 rings (SSSR count). The first-order valence-electron chi connectivity index (χ1n) is 4.85. The van der Waals surface area contributed by atoms with Crippen LogP contribution in [0.4, 0.5) is 0 Å². The number of nitrogens with one attached hydrogen (secondary N) is 1. The average Bonchev–Trinajstić information content (AvgIpc) is 2.06. The lowest BCUT2D eigenvalue weighted by Gasteiger charge is -2.23. The van der Waals surface area contributed by atoms with Crippen LogP contribution in [0.1, 0.15) is 36.6 Å². The Kier molecular flexibility index (Phi) is 2.54. The fourth-order valence-corrected chi connectivity index (χ4v) is 1.54. The Balaban J connectivity index is 2.04. The van der Waals surface area contributed by atoms with Crippen LogP contribution < -0.4 is 5.32 Å². The molecule has 1 aromatic heterocycles.